The normalized spacial score (nSPS) is 11.7. The third-order valence-electron chi connectivity index (χ3n) is 2.11. The van der Waals surface area contributed by atoms with E-state index in [1.807, 2.05) is 37.3 Å². The number of thioether (sulfide) groups is 1. The van der Waals surface area contributed by atoms with E-state index >= 15 is 0 Å². The molecule has 1 rings (SSSR count). The molecule has 0 saturated heterocycles. The number of benzene rings is 1. The highest BCUT2D eigenvalue weighted by Crippen LogP contribution is 2.09. The molecular formula is C13H17NO3S. The highest BCUT2D eigenvalue weighted by Gasteiger charge is 2.08. The Balaban J connectivity index is 2.20. The fourth-order valence-electron chi connectivity index (χ4n) is 1.33. The van der Waals surface area contributed by atoms with Crippen molar-refractivity contribution in [3.8, 4) is 0 Å². The molecule has 0 saturated carbocycles. The minimum absolute atomic E-state index is 0.0435. The van der Waals surface area contributed by atoms with E-state index < -0.39 is 6.09 Å². The lowest BCUT2D eigenvalue weighted by atomic mass is 10.2. The molecule has 1 aromatic carbocycles. The van der Waals surface area contributed by atoms with Crippen LogP contribution < -0.4 is 5.32 Å². The number of amides is 1. The Bertz CT molecular complexity index is 394. The van der Waals surface area contributed by atoms with Gasteiger partial charge in [0.1, 0.15) is 6.61 Å². The summed E-state index contributed by atoms with van der Waals surface area (Å²) < 4.78 is 5.04. The molecule has 0 fully saturated rings. The molecule has 0 aliphatic carbocycles. The third kappa shape index (κ3) is 6.30. The number of carbonyl (C=O) groups excluding carboxylic acids is 2. The van der Waals surface area contributed by atoms with E-state index in [1.54, 1.807) is 0 Å². The van der Waals surface area contributed by atoms with Crippen LogP contribution in [-0.4, -0.2) is 23.0 Å². The predicted molar refractivity (Wildman–Crippen MR) is 72.4 cm³/mol. The van der Waals surface area contributed by atoms with Gasteiger partial charge in [-0.05, 0) is 5.56 Å². The zero-order valence-electron chi connectivity index (χ0n) is 10.5. The molecule has 5 heteroatoms. The Hall–Kier alpha value is -1.49. The van der Waals surface area contributed by atoms with Crippen LogP contribution >= 0.6 is 11.8 Å². The second-order valence-electron chi connectivity index (χ2n) is 3.86. The maximum absolute atomic E-state index is 11.4. The minimum atomic E-state index is -0.463. The van der Waals surface area contributed by atoms with Crippen LogP contribution in [0.3, 0.4) is 0 Å². The molecule has 0 spiro atoms. The SMILES string of the molecule is CC(=O)SC(C)CNC(=O)OCc1ccccc1. The third-order valence-corrected chi connectivity index (χ3v) is 3.01. The van der Waals surface area contributed by atoms with Crippen molar-refractivity contribution in [1.82, 2.24) is 5.32 Å². The molecule has 1 amide bonds. The first-order valence-electron chi connectivity index (χ1n) is 5.69. The van der Waals surface area contributed by atoms with E-state index in [4.69, 9.17) is 4.74 Å². The zero-order chi connectivity index (χ0) is 13.4. The summed E-state index contributed by atoms with van der Waals surface area (Å²) in [5.41, 5.74) is 0.943. The maximum Gasteiger partial charge on any atom is 0.407 e. The Kier molecular flexibility index (Phi) is 6.28. The summed E-state index contributed by atoms with van der Waals surface area (Å²) >= 11 is 1.20. The number of nitrogens with one attached hydrogen (secondary N) is 1. The Morgan fingerprint density at radius 3 is 2.61 bits per heavy atom. The fraction of sp³-hybridized carbons (Fsp3) is 0.385. The molecule has 1 aromatic rings. The van der Waals surface area contributed by atoms with Crippen molar-refractivity contribution in [2.75, 3.05) is 6.54 Å². The van der Waals surface area contributed by atoms with Gasteiger partial charge in [-0.25, -0.2) is 4.79 Å². The molecule has 0 heterocycles. The molecule has 0 aromatic heterocycles. The summed E-state index contributed by atoms with van der Waals surface area (Å²) in [4.78, 5) is 22.2. The number of ether oxygens (including phenoxy) is 1. The van der Waals surface area contributed by atoms with Crippen molar-refractivity contribution in [2.45, 2.75) is 25.7 Å². The molecule has 0 radical (unpaired) electrons. The van der Waals surface area contributed by atoms with Gasteiger partial charge in [0.05, 0.1) is 0 Å². The van der Waals surface area contributed by atoms with Gasteiger partial charge in [-0.1, -0.05) is 49.0 Å². The van der Waals surface area contributed by atoms with Crippen LogP contribution in [0.1, 0.15) is 19.4 Å². The van der Waals surface area contributed by atoms with Crippen molar-refractivity contribution < 1.29 is 14.3 Å². The number of carbonyl (C=O) groups is 2. The lowest BCUT2D eigenvalue weighted by Gasteiger charge is -2.10. The largest absolute Gasteiger partial charge is 0.445 e. The Morgan fingerprint density at radius 1 is 1.33 bits per heavy atom. The highest BCUT2D eigenvalue weighted by molar-refractivity contribution is 8.14. The maximum atomic E-state index is 11.4. The molecule has 1 N–H and O–H groups in total. The molecule has 4 nitrogen and oxygen atoms in total. The van der Waals surface area contributed by atoms with Gasteiger partial charge in [0.15, 0.2) is 5.12 Å². The van der Waals surface area contributed by atoms with E-state index in [0.29, 0.717) is 6.54 Å². The quantitative estimate of drug-likeness (QED) is 0.891. The molecule has 1 unspecified atom stereocenters. The number of hydrogen-bond donors (Lipinski definition) is 1. The molecule has 0 aliphatic heterocycles. The monoisotopic (exact) mass is 267 g/mol. The molecular weight excluding hydrogens is 250 g/mol. The van der Waals surface area contributed by atoms with Crippen molar-refractivity contribution in [2.24, 2.45) is 0 Å². The summed E-state index contributed by atoms with van der Waals surface area (Å²) in [6.45, 7) is 4.05. The van der Waals surface area contributed by atoms with Crippen LogP contribution in [0.15, 0.2) is 30.3 Å². The topological polar surface area (TPSA) is 55.4 Å². The standard InChI is InChI=1S/C13H17NO3S/c1-10(18-11(2)15)8-14-13(16)17-9-12-6-4-3-5-7-12/h3-7,10H,8-9H2,1-2H3,(H,14,16). The van der Waals surface area contributed by atoms with E-state index in [0.717, 1.165) is 5.56 Å². The van der Waals surface area contributed by atoms with E-state index in [1.165, 1.54) is 18.7 Å². The number of hydrogen-bond acceptors (Lipinski definition) is 4. The second kappa shape index (κ2) is 7.76. The second-order valence-corrected chi connectivity index (χ2v) is 5.48. The first-order valence-corrected chi connectivity index (χ1v) is 6.57. The summed E-state index contributed by atoms with van der Waals surface area (Å²) in [7, 11) is 0. The van der Waals surface area contributed by atoms with Crippen molar-refractivity contribution in [1.29, 1.82) is 0 Å². The number of alkyl carbamates (subject to hydrolysis) is 1. The average molecular weight is 267 g/mol. The summed E-state index contributed by atoms with van der Waals surface area (Å²) in [6.07, 6.45) is -0.463. The minimum Gasteiger partial charge on any atom is -0.445 e. The van der Waals surface area contributed by atoms with Gasteiger partial charge in [0, 0.05) is 18.7 Å². The smallest absolute Gasteiger partial charge is 0.407 e. The first kappa shape index (κ1) is 14.6. The lowest BCUT2D eigenvalue weighted by molar-refractivity contribution is -0.109. The van der Waals surface area contributed by atoms with Crippen molar-refractivity contribution in [3.63, 3.8) is 0 Å². The van der Waals surface area contributed by atoms with Gasteiger partial charge in [0.25, 0.3) is 0 Å². The average Bonchev–Trinajstić information content (AvgIpc) is 2.34. The van der Waals surface area contributed by atoms with Crippen molar-refractivity contribution >= 4 is 23.0 Å². The van der Waals surface area contributed by atoms with Crippen LogP contribution in [0.25, 0.3) is 0 Å². The van der Waals surface area contributed by atoms with Gasteiger partial charge in [-0.2, -0.15) is 0 Å². The lowest BCUT2D eigenvalue weighted by Crippen LogP contribution is -2.30. The first-order chi connectivity index (χ1) is 8.58. The van der Waals surface area contributed by atoms with Crippen LogP contribution in [0, 0.1) is 0 Å². The fourth-order valence-corrected chi connectivity index (χ4v) is 2.06. The summed E-state index contributed by atoms with van der Waals surface area (Å²) in [5.74, 6) is 0. The van der Waals surface area contributed by atoms with Gasteiger partial charge in [-0.15, -0.1) is 0 Å². The Morgan fingerprint density at radius 2 is 2.00 bits per heavy atom. The van der Waals surface area contributed by atoms with E-state index in [9.17, 15) is 9.59 Å². The molecule has 0 bridgehead atoms. The summed E-state index contributed by atoms with van der Waals surface area (Å²) in [6, 6.07) is 9.47. The number of rotatable bonds is 5. The van der Waals surface area contributed by atoms with Crippen LogP contribution in [0.4, 0.5) is 4.79 Å². The van der Waals surface area contributed by atoms with Gasteiger partial charge < -0.3 is 10.1 Å². The van der Waals surface area contributed by atoms with Crippen LogP contribution in [-0.2, 0) is 16.1 Å². The Labute approximate surface area is 111 Å². The van der Waals surface area contributed by atoms with E-state index in [-0.39, 0.29) is 17.0 Å². The molecule has 0 aliphatic rings. The molecule has 98 valence electrons. The van der Waals surface area contributed by atoms with Crippen molar-refractivity contribution in [3.05, 3.63) is 35.9 Å². The predicted octanol–water partition coefficient (Wildman–Crippen LogP) is 2.58. The van der Waals surface area contributed by atoms with Crippen LogP contribution in [0.2, 0.25) is 0 Å². The van der Waals surface area contributed by atoms with Gasteiger partial charge >= 0.3 is 6.09 Å². The van der Waals surface area contributed by atoms with Gasteiger partial charge in [0.2, 0.25) is 0 Å². The van der Waals surface area contributed by atoms with Crippen LogP contribution in [0.5, 0.6) is 0 Å². The summed E-state index contributed by atoms with van der Waals surface area (Å²) in [5, 5.41) is 2.72. The van der Waals surface area contributed by atoms with E-state index in [2.05, 4.69) is 5.32 Å². The van der Waals surface area contributed by atoms with Gasteiger partial charge in [-0.3, -0.25) is 4.79 Å². The molecule has 1 atom stereocenters. The molecule has 18 heavy (non-hydrogen) atoms. The highest BCUT2D eigenvalue weighted by atomic mass is 32.2. The zero-order valence-corrected chi connectivity index (χ0v) is 11.3.